The first-order valence-corrected chi connectivity index (χ1v) is 4.38. The number of ether oxygens (including phenoxy) is 1. The summed E-state index contributed by atoms with van der Waals surface area (Å²) in [6.45, 7) is -0.363. The van der Waals surface area contributed by atoms with Gasteiger partial charge < -0.3 is 10.5 Å². The molecular weight excluding hydrogens is 188 g/mol. The molecule has 0 aliphatic carbocycles. The van der Waals surface area contributed by atoms with E-state index in [-0.39, 0.29) is 11.7 Å². The van der Waals surface area contributed by atoms with Gasteiger partial charge in [-0.15, -0.1) is 0 Å². The van der Waals surface area contributed by atoms with E-state index in [0.717, 1.165) is 5.56 Å². The number of nitrogens with two attached hydrogens (primary N) is 1. The second-order valence-electron chi connectivity index (χ2n) is 3.09. The smallest absolute Gasteiger partial charge is 0.387 e. The Morgan fingerprint density at radius 3 is 2.71 bits per heavy atom. The lowest BCUT2D eigenvalue weighted by molar-refractivity contribution is -0.0498. The fourth-order valence-electron chi connectivity index (χ4n) is 1.13. The minimum absolute atomic E-state index is 0.149. The summed E-state index contributed by atoms with van der Waals surface area (Å²) >= 11 is 0. The number of halogens is 2. The first-order chi connectivity index (χ1) is 6.63. The van der Waals surface area contributed by atoms with E-state index in [1.165, 1.54) is 6.07 Å². The number of hydrogen-bond donors (Lipinski definition) is 1. The first-order valence-electron chi connectivity index (χ1n) is 4.38. The van der Waals surface area contributed by atoms with Gasteiger partial charge in [-0.05, 0) is 30.2 Å². The normalized spacial score (nSPS) is 12.9. The molecule has 2 N–H and O–H groups in total. The molecule has 1 aromatic rings. The van der Waals surface area contributed by atoms with Crippen LogP contribution in [0.1, 0.15) is 18.4 Å². The van der Waals surface area contributed by atoms with Gasteiger partial charge in [-0.25, -0.2) is 0 Å². The van der Waals surface area contributed by atoms with Crippen LogP contribution in [-0.4, -0.2) is 13.2 Å². The topological polar surface area (TPSA) is 35.2 Å². The first kappa shape index (κ1) is 10.9. The molecule has 0 heterocycles. The molecule has 2 nitrogen and oxygen atoms in total. The van der Waals surface area contributed by atoms with Crippen molar-refractivity contribution in [2.45, 2.75) is 19.5 Å². The van der Waals surface area contributed by atoms with Crippen LogP contribution in [0.2, 0.25) is 0 Å². The van der Waals surface area contributed by atoms with Crippen LogP contribution in [-0.2, 0) is 0 Å². The molecule has 1 aromatic carbocycles. The highest BCUT2D eigenvalue weighted by Crippen LogP contribution is 2.21. The Labute approximate surface area is 81.7 Å². The minimum atomic E-state index is -2.78. The van der Waals surface area contributed by atoms with Crippen LogP contribution in [0.3, 0.4) is 0 Å². The van der Waals surface area contributed by atoms with Gasteiger partial charge in [-0.1, -0.05) is 19.1 Å². The summed E-state index contributed by atoms with van der Waals surface area (Å²) in [4.78, 5) is 0. The predicted octanol–water partition coefficient (Wildman–Crippen LogP) is 2.35. The molecule has 1 rings (SSSR count). The van der Waals surface area contributed by atoms with Gasteiger partial charge in [0.05, 0.1) is 0 Å². The van der Waals surface area contributed by atoms with Crippen LogP contribution in [0.5, 0.6) is 5.75 Å². The van der Waals surface area contributed by atoms with E-state index in [1.807, 2.05) is 13.0 Å². The maximum absolute atomic E-state index is 11.9. The van der Waals surface area contributed by atoms with Gasteiger partial charge in [0.15, 0.2) is 0 Å². The maximum atomic E-state index is 11.9. The van der Waals surface area contributed by atoms with Gasteiger partial charge in [0.25, 0.3) is 0 Å². The highest BCUT2D eigenvalue weighted by Gasteiger charge is 2.07. The highest BCUT2D eigenvalue weighted by atomic mass is 19.3. The second-order valence-corrected chi connectivity index (χ2v) is 3.09. The van der Waals surface area contributed by atoms with Crippen LogP contribution >= 0.6 is 0 Å². The Bertz CT molecular complexity index is 291. The third-order valence-electron chi connectivity index (χ3n) is 2.01. The zero-order valence-corrected chi connectivity index (χ0v) is 7.91. The lowest BCUT2D eigenvalue weighted by Crippen LogP contribution is -2.09. The van der Waals surface area contributed by atoms with Crippen molar-refractivity contribution < 1.29 is 13.5 Å². The molecule has 0 fully saturated rings. The standard InChI is InChI=1S/C10H13F2NO/c1-7(6-13)8-3-2-4-9(5-8)14-10(11)12/h2-5,7,10H,6,13H2,1H3. The summed E-state index contributed by atoms with van der Waals surface area (Å²) in [6, 6.07) is 6.61. The van der Waals surface area contributed by atoms with E-state index in [0.29, 0.717) is 6.54 Å². The fraction of sp³-hybridized carbons (Fsp3) is 0.400. The van der Waals surface area contributed by atoms with E-state index < -0.39 is 6.61 Å². The summed E-state index contributed by atoms with van der Waals surface area (Å²) in [5.74, 6) is 0.328. The van der Waals surface area contributed by atoms with E-state index >= 15 is 0 Å². The average Bonchev–Trinajstić information content (AvgIpc) is 2.16. The molecule has 0 bridgehead atoms. The molecule has 0 saturated heterocycles. The Hall–Kier alpha value is -1.16. The van der Waals surface area contributed by atoms with E-state index in [1.54, 1.807) is 12.1 Å². The summed E-state index contributed by atoms with van der Waals surface area (Å²) in [6.07, 6.45) is 0. The number of benzene rings is 1. The SMILES string of the molecule is CC(CN)c1cccc(OC(F)F)c1. The fourth-order valence-corrected chi connectivity index (χ4v) is 1.13. The Kier molecular flexibility index (Phi) is 3.83. The van der Waals surface area contributed by atoms with Crippen molar-refractivity contribution in [1.82, 2.24) is 0 Å². The van der Waals surface area contributed by atoms with Gasteiger partial charge in [-0.2, -0.15) is 8.78 Å². The number of rotatable bonds is 4. The van der Waals surface area contributed by atoms with E-state index in [9.17, 15) is 8.78 Å². The van der Waals surface area contributed by atoms with Crippen molar-refractivity contribution in [3.8, 4) is 5.75 Å². The molecule has 1 atom stereocenters. The van der Waals surface area contributed by atoms with Crippen molar-refractivity contribution in [2.75, 3.05) is 6.54 Å². The Morgan fingerprint density at radius 2 is 2.14 bits per heavy atom. The van der Waals surface area contributed by atoms with E-state index in [2.05, 4.69) is 4.74 Å². The summed E-state index contributed by atoms with van der Waals surface area (Å²) in [5, 5.41) is 0. The third kappa shape index (κ3) is 2.96. The van der Waals surface area contributed by atoms with Gasteiger partial charge in [0.1, 0.15) is 5.75 Å². The van der Waals surface area contributed by atoms with Crippen molar-refractivity contribution in [3.05, 3.63) is 29.8 Å². The van der Waals surface area contributed by atoms with Gasteiger partial charge >= 0.3 is 6.61 Å². The molecule has 0 radical (unpaired) electrons. The summed E-state index contributed by atoms with van der Waals surface area (Å²) in [7, 11) is 0. The third-order valence-corrected chi connectivity index (χ3v) is 2.01. The molecule has 0 saturated carbocycles. The van der Waals surface area contributed by atoms with Crippen LogP contribution in [0, 0.1) is 0 Å². The Morgan fingerprint density at radius 1 is 1.43 bits per heavy atom. The van der Waals surface area contributed by atoms with Gasteiger partial charge in [-0.3, -0.25) is 0 Å². The number of hydrogen-bond acceptors (Lipinski definition) is 2. The molecule has 0 aromatic heterocycles. The van der Waals surface area contributed by atoms with Gasteiger partial charge in [0, 0.05) is 0 Å². The molecule has 0 spiro atoms. The van der Waals surface area contributed by atoms with Crippen molar-refractivity contribution in [3.63, 3.8) is 0 Å². The van der Waals surface area contributed by atoms with Crippen molar-refractivity contribution in [2.24, 2.45) is 5.73 Å². The second kappa shape index (κ2) is 4.91. The van der Waals surface area contributed by atoms with Crippen molar-refractivity contribution >= 4 is 0 Å². The monoisotopic (exact) mass is 201 g/mol. The quantitative estimate of drug-likeness (QED) is 0.811. The largest absolute Gasteiger partial charge is 0.435 e. The highest BCUT2D eigenvalue weighted by molar-refractivity contribution is 5.30. The zero-order valence-electron chi connectivity index (χ0n) is 7.91. The van der Waals surface area contributed by atoms with Crippen molar-refractivity contribution in [1.29, 1.82) is 0 Å². The van der Waals surface area contributed by atoms with Gasteiger partial charge in [0.2, 0.25) is 0 Å². The molecular formula is C10H13F2NO. The lowest BCUT2D eigenvalue weighted by Gasteiger charge is -2.10. The molecule has 0 amide bonds. The lowest BCUT2D eigenvalue weighted by atomic mass is 10.0. The minimum Gasteiger partial charge on any atom is -0.435 e. The molecule has 0 aliphatic rings. The van der Waals surface area contributed by atoms with Crippen LogP contribution in [0.4, 0.5) is 8.78 Å². The van der Waals surface area contributed by atoms with Crippen LogP contribution < -0.4 is 10.5 Å². The maximum Gasteiger partial charge on any atom is 0.387 e. The molecule has 14 heavy (non-hydrogen) atoms. The summed E-state index contributed by atoms with van der Waals surface area (Å²) in [5.41, 5.74) is 6.37. The molecule has 0 aliphatic heterocycles. The molecule has 78 valence electrons. The average molecular weight is 201 g/mol. The predicted molar refractivity (Wildman–Crippen MR) is 50.5 cm³/mol. The Balaban J connectivity index is 2.78. The summed E-state index contributed by atoms with van der Waals surface area (Å²) < 4.78 is 28.1. The van der Waals surface area contributed by atoms with Crippen LogP contribution in [0.25, 0.3) is 0 Å². The molecule has 1 unspecified atom stereocenters. The zero-order chi connectivity index (χ0) is 10.6. The molecule has 4 heteroatoms. The van der Waals surface area contributed by atoms with Crippen LogP contribution in [0.15, 0.2) is 24.3 Å². The number of alkyl halides is 2. The van der Waals surface area contributed by atoms with E-state index in [4.69, 9.17) is 5.73 Å².